The summed E-state index contributed by atoms with van der Waals surface area (Å²) in [7, 11) is 2.85. The van der Waals surface area contributed by atoms with Gasteiger partial charge in [-0.15, -0.1) is 0 Å². The molecule has 1 saturated heterocycles. The molecule has 13 heavy (non-hydrogen) atoms. The predicted molar refractivity (Wildman–Crippen MR) is 42.9 cm³/mol. The van der Waals surface area contributed by atoms with Gasteiger partial charge < -0.3 is 19.3 Å². The van der Waals surface area contributed by atoms with E-state index >= 15 is 0 Å². The Hall–Kier alpha value is -0.910. The van der Waals surface area contributed by atoms with Crippen LogP contribution >= 0.6 is 0 Å². The number of hydrogen-bond donors (Lipinski definition) is 1. The minimum atomic E-state index is -0.734. The summed E-state index contributed by atoms with van der Waals surface area (Å²) in [5, 5.41) is 8.62. The second-order valence-electron chi connectivity index (χ2n) is 2.52. The Labute approximate surface area is 75.9 Å². The third-order valence-corrected chi connectivity index (χ3v) is 1.81. The molecule has 0 aromatic carbocycles. The van der Waals surface area contributed by atoms with E-state index in [1.165, 1.54) is 20.3 Å². The molecule has 1 heterocycles. The molecule has 2 atom stereocenters. The van der Waals surface area contributed by atoms with Crippen molar-refractivity contribution in [2.75, 3.05) is 20.8 Å². The summed E-state index contributed by atoms with van der Waals surface area (Å²) in [5.74, 6) is -0.184. The number of ether oxygens (including phenoxy) is 3. The molecule has 0 aromatic heterocycles. The molecule has 5 heteroatoms. The highest BCUT2D eigenvalue weighted by atomic mass is 16.6. The summed E-state index contributed by atoms with van der Waals surface area (Å²) in [4.78, 5) is 11.1. The van der Waals surface area contributed by atoms with Gasteiger partial charge in [0.25, 0.3) is 0 Å². The van der Waals surface area contributed by atoms with Crippen LogP contribution in [0.1, 0.15) is 0 Å². The number of aliphatic hydroxyl groups is 1. The van der Waals surface area contributed by atoms with E-state index in [9.17, 15) is 4.79 Å². The molecular formula is C8H12O5. The number of esters is 1. The van der Waals surface area contributed by atoms with Crippen LogP contribution in [-0.4, -0.2) is 44.1 Å². The van der Waals surface area contributed by atoms with Gasteiger partial charge in [0.2, 0.25) is 0 Å². The SMILES string of the molecule is COC1C(=O)O/C(=C\CO)C1OC. The lowest BCUT2D eigenvalue weighted by atomic mass is 10.2. The second-order valence-corrected chi connectivity index (χ2v) is 2.52. The van der Waals surface area contributed by atoms with Crippen molar-refractivity contribution in [2.45, 2.75) is 12.2 Å². The Morgan fingerprint density at radius 3 is 2.54 bits per heavy atom. The first kappa shape index (κ1) is 10.2. The van der Waals surface area contributed by atoms with Gasteiger partial charge in [0, 0.05) is 14.2 Å². The van der Waals surface area contributed by atoms with Gasteiger partial charge in [0.05, 0.1) is 6.61 Å². The minimum absolute atomic E-state index is 0.196. The van der Waals surface area contributed by atoms with Crippen LogP contribution in [0, 0.1) is 0 Å². The number of rotatable bonds is 3. The third kappa shape index (κ3) is 1.88. The maximum Gasteiger partial charge on any atom is 0.343 e. The molecule has 1 aliphatic heterocycles. The molecule has 1 rings (SSSR count). The quantitative estimate of drug-likeness (QED) is 0.602. The normalized spacial score (nSPS) is 31.0. The molecule has 0 spiro atoms. The van der Waals surface area contributed by atoms with Crippen molar-refractivity contribution < 1.29 is 24.1 Å². The maximum absolute atomic E-state index is 11.1. The first-order chi connectivity index (χ1) is 6.24. The lowest BCUT2D eigenvalue weighted by molar-refractivity contribution is -0.145. The van der Waals surface area contributed by atoms with Crippen LogP contribution in [0.25, 0.3) is 0 Å². The third-order valence-electron chi connectivity index (χ3n) is 1.81. The Kier molecular flexibility index (Phi) is 3.41. The number of carbonyl (C=O) groups is 1. The fourth-order valence-corrected chi connectivity index (χ4v) is 1.21. The summed E-state index contributed by atoms with van der Waals surface area (Å²) < 4.78 is 14.7. The van der Waals surface area contributed by atoms with Crippen molar-refractivity contribution in [1.82, 2.24) is 0 Å². The zero-order valence-corrected chi connectivity index (χ0v) is 7.52. The summed E-state index contributed by atoms with van der Waals surface area (Å²) in [6, 6.07) is 0. The molecule has 5 nitrogen and oxygen atoms in total. The van der Waals surface area contributed by atoms with E-state index in [-0.39, 0.29) is 6.61 Å². The Morgan fingerprint density at radius 1 is 1.46 bits per heavy atom. The van der Waals surface area contributed by atoms with E-state index in [1.807, 2.05) is 0 Å². The molecule has 1 N–H and O–H groups in total. The van der Waals surface area contributed by atoms with Gasteiger partial charge >= 0.3 is 5.97 Å². The monoisotopic (exact) mass is 188 g/mol. The van der Waals surface area contributed by atoms with E-state index in [2.05, 4.69) is 0 Å². The van der Waals surface area contributed by atoms with Crippen LogP contribution in [0.15, 0.2) is 11.8 Å². The molecule has 1 aliphatic rings. The van der Waals surface area contributed by atoms with Crippen molar-refractivity contribution in [1.29, 1.82) is 0 Å². The highest BCUT2D eigenvalue weighted by molar-refractivity contribution is 5.80. The van der Waals surface area contributed by atoms with E-state index in [4.69, 9.17) is 19.3 Å². The second kappa shape index (κ2) is 4.36. The molecule has 0 aromatic rings. The largest absolute Gasteiger partial charge is 0.426 e. The molecule has 2 unspecified atom stereocenters. The molecule has 0 radical (unpaired) electrons. The maximum atomic E-state index is 11.1. The number of hydrogen-bond acceptors (Lipinski definition) is 5. The van der Waals surface area contributed by atoms with Crippen LogP contribution in [0.3, 0.4) is 0 Å². The molecule has 0 bridgehead atoms. The van der Waals surface area contributed by atoms with Gasteiger partial charge in [-0.05, 0) is 6.08 Å². The zero-order chi connectivity index (χ0) is 9.84. The summed E-state index contributed by atoms with van der Waals surface area (Å²) in [5.41, 5.74) is 0. The van der Waals surface area contributed by atoms with Crippen molar-refractivity contribution in [3.8, 4) is 0 Å². The predicted octanol–water partition coefficient (Wildman–Crippen LogP) is -0.551. The fraction of sp³-hybridized carbons (Fsp3) is 0.625. The van der Waals surface area contributed by atoms with Crippen LogP contribution in [0.5, 0.6) is 0 Å². The molecule has 0 aliphatic carbocycles. The molecule has 0 amide bonds. The minimum Gasteiger partial charge on any atom is -0.426 e. The smallest absolute Gasteiger partial charge is 0.343 e. The van der Waals surface area contributed by atoms with Gasteiger partial charge in [-0.2, -0.15) is 0 Å². The molecule has 0 saturated carbocycles. The van der Waals surface area contributed by atoms with Crippen LogP contribution in [-0.2, 0) is 19.0 Å². The average molecular weight is 188 g/mol. The van der Waals surface area contributed by atoms with Gasteiger partial charge in [-0.1, -0.05) is 0 Å². The Morgan fingerprint density at radius 2 is 2.08 bits per heavy atom. The lowest BCUT2D eigenvalue weighted by Gasteiger charge is -2.11. The standard InChI is InChI=1S/C8H12O5/c1-11-6-5(3-4-9)13-8(10)7(6)12-2/h3,6-7,9H,4H2,1-2H3/b5-3-. The highest BCUT2D eigenvalue weighted by Crippen LogP contribution is 2.23. The van der Waals surface area contributed by atoms with Crippen LogP contribution in [0.2, 0.25) is 0 Å². The Balaban J connectivity index is 2.81. The number of aliphatic hydroxyl groups excluding tert-OH is 1. The van der Waals surface area contributed by atoms with Crippen molar-refractivity contribution in [3.63, 3.8) is 0 Å². The molecule has 74 valence electrons. The van der Waals surface area contributed by atoms with Gasteiger partial charge in [-0.25, -0.2) is 4.79 Å². The van der Waals surface area contributed by atoms with E-state index < -0.39 is 18.2 Å². The van der Waals surface area contributed by atoms with Gasteiger partial charge in [0.15, 0.2) is 12.2 Å². The number of carbonyl (C=O) groups excluding carboxylic acids is 1. The Bertz CT molecular complexity index is 223. The first-order valence-corrected chi connectivity index (χ1v) is 3.82. The lowest BCUT2D eigenvalue weighted by Crippen LogP contribution is -2.29. The fourth-order valence-electron chi connectivity index (χ4n) is 1.21. The summed E-state index contributed by atoms with van der Waals surface area (Å²) >= 11 is 0. The van der Waals surface area contributed by atoms with E-state index in [1.54, 1.807) is 0 Å². The zero-order valence-electron chi connectivity index (χ0n) is 7.52. The van der Waals surface area contributed by atoms with Crippen LogP contribution < -0.4 is 0 Å². The summed E-state index contributed by atoms with van der Waals surface area (Å²) in [6.07, 6.45) is 0.0953. The van der Waals surface area contributed by atoms with Gasteiger partial charge in [0.1, 0.15) is 5.76 Å². The van der Waals surface area contributed by atoms with Gasteiger partial charge in [-0.3, -0.25) is 0 Å². The highest BCUT2D eigenvalue weighted by Gasteiger charge is 2.41. The van der Waals surface area contributed by atoms with Crippen molar-refractivity contribution in [3.05, 3.63) is 11.8 Å². The average Bonchev–Trinajstić information content (AvgIpc) is 2.41. The molecule has 1 fully saturated rings. The topological polar surface area (TPSA) is 65.0 Å². The number of methoxy groups -OCH3 is 2. The van der Waals surface area contributed by atoms with E-state index in [0.29, 0.717) is 5.76 Å². The van der Waals surface area contributed by atoms with Crippen LogP contribution in [0.4, 0.5) is 0 Å². The van der Waals surface area contributed by atoms with Crippen molar-refractivity contribution in [2.24, 2.45) is 0 Å². The number of cyclic esters (lactones) is 1. The molecular weight excluding hydrogens is 176 g/mol. The summed E-state index contributed by atoms with van der Waals surface area (Å²) in [6.45, 7) is -0.196. The first-order valence-electron chi connectivity index (χ1n) is 3.82. The van der Waals surface area contributed by atoms with Crippen molar-refractivity contribution >= 4 is 5.97 Å². The van der Waals surface area contributed by atoms with E-state index in [0.717, 1.165) is 0 Å².